The molecule has 2 rings (SSSR count). The minimum atomic E-state index is -3.71. The second-order valence-electron chi connectivity index (χ2n) is 6.24. The zero-order valence-electron chi connectivity index (χ0n) is 13.8. The Balaban J connectivity index is 1.61. The van der Waals surface area contributed by atoms with Gasteiger partial charge < -0.3 is 5.32 Å². The molecule has 0 saturated heterocycles. The van der Waals surface area contributed by atoms with Gasteiger partial charge in [0.05, 0.1) is 4.90 Å². The molecule has 1 amide bonds. The molecule has 1 aromatic rings. The van der Waals surface area contributed by atoms with E-state index in [9.17, 15) is 17.6 Å². The lowest BCUT2D eigenvalue weighted by molar-refractivity contribution is -0.120. The zero-order chi connectivity index (χ0) is 17.4. The Bertz CT molecular complexity index is 626. The van der Waals surface area contributed by atoms with Crippen LogP contribution < -0.4 is 10.0 Å². The molecule has 0 spiro atoms. The van der Waals surface area contributed by atoms with Gasteiger partial charge in [0, 0.05) is 19.5 Å². The molecule has 24 heavy (non-hydrogen) atoms. The van der Waals surface area contributed by atoms with Crippen LogP contribution in [0.1, 0.15) is 44.9 Å². The molecule has 0 aliphatic heterocycles. The third kappa shape index (κ3) is 6.20. The highest BCUT2D eigenvalue weighted by Crippen LogP contribution is 2.28. The zero-order valence-corrected chi connectivity index (χ0v) is 14.6. The summed E-state index contributed by atoms with van der Waals surface area (Å²) in [6.45, 7) is 0.661. The van der Waals surface area contributed by atoms with Crippen LogP contribution >= 0.6 is 0 Å². The summed E-state index contributed by atoms with van der Waals surface area (Å²) in [5, 5.41) is 2.82. The summed E-state index contributed by atoms with van der Waals surface area (Å²) in [6.07, 6.45) is 7.47. The van der Waals surface area contributed by atoms with Gasteiger partial charge in [-0.05, 0) is 43.0 Å². The van der Waals surface area contributed by atoms with Gasteiger partial charge in [-0.2, -0.15) is 0 Å². The summed E-state index contributed by atoms with van der Waals surface area (Å²) < 4.78 is 39.1. The molecule has 1 aliphatic carbocycles. The fourth-order valence-corrected chi connectivity index (χ4v) is 4.03. The highest BCUT2D eigenvalue weighted by molar-refractivity contribution is 7.89. The first-order valence-electron chi connectivity index (χ1n) is 8.49. The number of hydrogen-bond acceptors (Lipinski definition) is 3. The molecule has 0 unspecified atom stereocenters. The molecule has 1 saturated carbocycles. The van der Waals surface area contributed by atoms with E-state index >= 15 is 0 Å². The predicted molar refractivity (Wildman–Crippen MR) is 90.4 cm³/mol. The van der Waals surface area contributed by atoms with Crippen LogP contribution in [0.5, 0.6) is 0 Å². The molecule has 7 heteroatoms. The monoisotopic (exact) mass is 356 g/mol. The highest BCUT2D eigenvalue weighted by Gasteiger charge is 2.15. The number of benzene rings is 1. The Hall–Kier alpha value is -1.47. The minimum absolute atomic E-state index is 0.0131. The maximum Gasteiger partial charge on any atom is 0.240 e. The molecule has 5 nitrogen and oxygen atoms in total. The van der Waals surface area contributed by atoms with Crippen molar-refractivity contribution in [1.29, 1.82) is 0 Å². The Morgan fingerprint density at radius 2 is 1.79 bits per heavy atom. The van der Waals surface area contributed by atoms with E-state index in [1.807, 2.05) is 0 Å². The average Bonchev–Trinajstić information content (AvgIpc) is 3.05. The fourth-order valence-electron chi connectivity index (χ4n) is 3.00. The molecule has 0 heterocycles. The van der Waals surface area contributed by atoms with Crippen molar-refractivity contribution in [3.05, 3.63) is 30.1 Å². The second kappa shape index (κ2) is 9.13. The normalized spacial score (nSPS) is 15.5. The minimum Gasteiger partial charge on any atom is -0.356 e. The van der Waals surface area contributed by atoms with Crippen molar-refractivity contribution in [2.75, 3.05) is 13.1 Å². The number of sulfonamides is 1. The third-order valence-corrected chi connectivity index (χ3v) is 5.83. The summed E-state index contributed by atoms with van der Waals surface area (Å²) in [5.41, 5.74) is 0. The molecule has 0 bridgehead atoms. The van der Waals surface area contributed by atoms with Crippen LogP contribution in [0, 0.1) is 11.7 Å². The van der Waals surface area contributed by atoms with Crippen LogP contribution in [0.25, 0.3) is 0 Å². The average molecular weight is 356 g/mol. The maximum absolute atomic E-state index is 12.8. The van der Waals surface area contributed by atoms with E-state index in [4.69, 9.17) is 0 Å². The lowest BCUT2D eigenvalue weighted by Crippen LogP contribution is -2.31. The summed E-state index contributed by atoms with van der Waals surface area (Å²) in [6, 6.07) is 4.57. The predicted octanol–water partition coefficient (Wildman–Crippen LogP) is 2.58. The Kier molecular flexibility index (Phi) is 7.17. The highest BCUT2D eigenvalue weighted by atomic mass is 32.2. The fraction of sp³-hybridized carbons (Fsp3) is 0.588. The molecular weight excluding hydrogens is 331 g/mol. The van der Waals surface area contributed by atoms with E-state index < -0.39 is 15.8 Å². The van der Waals surface area contributed by atoms with Crippen LogP contribution in [0.15, 0.2) is 29.2 Å². The molecular formula is C17H25FN2O3S. The van der Waals surface area contributed by atoms with Crippen molar-refractivity contribution >= 4 is 15.9 Å². The van der Waals surface area contributed by atoms with Crippen molar-refractivity contribution < 1.29 is 17.6 Å². The lowest BCUT2D eigenvalue weighted by Gasteiger charge is -2.10. The summed E-state index contributed by atoms with van der Waals surface area (Å²) in [5.74, 6) is 0.151. The van der Waals surface area contributed by atoms with E-state index in [0.29, 0.717) is 6.54 Å². The van der Waals surface area contributed by atoms with Crippen LogP contribution in [0.3, 0.4) is 0 Å². The molecule has 1 aliphatic rings. The molecule has 1 aromatic carbocycles. The van der Waals surface area contributed by atoms with Gasteiger partial charge in [0.1, 0.15) is 5.82 Å². The first kappa shape index (κ1) is 18.9. The largest absolute Gasteiger partial charge is 0.356 e. The molecule has 0 aromatic heterocycles. The van der Waals surface area contributed by atoms with Crippen molar-refractivity contribution in [1.82, 2.24) is 10.0 Å². The SMILES string of the molecule is O=C(CCNS(=O)(=O)c1ccc(F)cc1)NCCCC1CCCC1. The molecule has 1 fully saturated rings. The van der Waals surface area contributed by atoms with E-state index in [1.165, 1.54) is 37.8 Å². The van der Waals surface area contributed by atoms with Gasteiger partial charge in [0.2, 0.25) is 15.9 Å². The van der Waals surface area contributed by atoms with E-state index in [-0.39, 0.29) is 23.8 Å². The molecule has 0 atom stereocenters. The van der Waals surface area contributed by atoms with E-state index in [1.54, 1.807) is 0 Å². The van der Waals surface area contributed by atoms with Crippen molar-refractivity contribution in [3.63, 3.8) is 0 Å². The van der Waals surface area contributed by atoms with Gasteiger partial charge in [-0.25, -0.2) is 17.5 Å². The smallest absolute Gasteiger partial charge is 0.240 e. The van der Waals surface area contributed by atoms with Crippen LogP contribution in [0.2, 0.25) is 0 Å². The first-order valence-corrected chi connectivity index (χ1v) is 9.97. The lowest BCUT2D eigenvalue weighted by atomic mass is 10.0. The Morgan fingerprint density at radius 1 is 1.12 bits per heavy atom. The number of rotatable bonds is 9. The summed E-state index contributed by atoms with van der Waals surface area (Å²) in [7, 11) is -3.71. The standard InChI is InChI=1S/C17H25FN2O3S/c18-15-7-9-16(10-8-15)24(22,23)20-13-11-17(21)19-12-3-6-14-4-1-2-5-14/h7-10,14,20H,1-6,11-13H2,(H,19,21). The van der Waals surface area contributed by atoms with E-state index in [0.717, 1.165) is 30.9 Å². The number of carbonyl (C=O) groups is 1. The number of halogens is 1. The van der Waals surface area contributed by atoms with Crippen LogP contribution in [-0.4, -0.2) is 27.4 Å². The van der Waals surface area contributed by atoms with Crippen molar-refractivity contribution in [2.45, 2.75) is 49.8 Å². The van der Waals surface area contributed by atoms with Gasteiger partial charge in [-0.15, -0.1) is 0 Å². The molecule has 0 radical (unpaired) electrons. The van der Waals surface area contributed by atoms with Crippen LogP contribution in [0.4, 0.5) is 4.39 Å². The number of nitrogens with one attached hydrogen (secondary N) is 2. The van der Waals surface area contributed by atoms with Crippen LogP contribution in [-0.2, 0) is 14.8 Å². The third-order valence-electron chi connectivity index (χ3n) is 4.35. The summed E-state index contributed by atoms with van der Waals surface area (Å²) >= 11 is 0. The number of carbonyl (C=O) groups excluding carboxylic acids is 1. The van der Waals surface area contributed by atoms with Crippen molar-refractivity contribution in [3.8, 4) is 0 Å². The van der Waals surface area contributed by atoms with Crippen molar-refractivity contribution in [2.24, 2.45) is 5.92 Å². The number of hydrogen-bond donors (Lipinski definition) is 2. The van der Waals surface area contributed by atoms with E-state index in [2.05, 4.69) is 10.0 Å². The molecule has 2 N–H and O–H groups in total. The van der Waals surface area contributed by atoms with Gasteiger partial charge >= 0.3 is 0 Å². The first-order chi connectivity index (χ1) is 11.5. The maximum atomic E-state index is 12.8. The Morgan fingerprint density at radius 3 is 2.46 bits per heavy atom. The van der Waals surface area contributed by atoms with Gasteiger partial charge in [0.25, 0.3) is 0 Å². The quantitative estimate of drug-likeness (QED) is 0.668. The second-order valence-corrected chi connectivity index (χ2v) is 8.01. The van der Waals surface area contributed by atoms with Gasteiger partial charge in [0.15, 0.2) is 0 Å². The van der Waals surface area contributed by atoms with Gasteiger partial charge in [-0.1, -0.05) is 25.7 Å². The topological polar surface area (TPSA) is 75.3 Å². The Labute approximate surface area is 143 Å². The van der Waals surface area contributed by atoms with Gasteiger partial charge in [-0.3, -0.25) is 4.79 Å². The summed E-state index contributed by atoms with van der Waals surface area (Å²) in [4.78, 5) is 11.7. The molecule has 134 valence electrons. The number of amides is 1.